The first-order valence-electron chi connectivity index (χ1n) is 14.8. The number of likely N-dealkylation sites (tertiary alicyclic amines) is 1. The molecular formula is C34H44FN3O. The van der Waals surface area contributed by atoms with E-state index in [-0.39, 0.29) is 17.8 Å². The molecule has 2 aromatic carbocycles. The topological polar surface area (TPSA) is 36.4 Å². The maximum absolute atomic E-state index is 14.3. The van der Waals surface area contributed by atoms with Crippen LogP contribution >= 0.6 is 0 Å². The number of hydrogen-bond acceptors (Lipinski definition) is 3. The Morgan fingerprint density at radius 3 is 2.36 bits per heavy atom. The van der Waals surface area contributed by atoms with Gasteiger partial charge in [0.2, 0.25) is 0 Å². The predicted molar refractivity (Wildman–Crippen MR) is 158 cm³/mol. The Morgan fingerprint density at radius 2 is 1.72 bits per heavy atom. The van der Waals surface area contributed by atoms with Gasteiger partial charge >= 0.3 is 0 Å². The van der Waals surface area contributed by atoms with Gasteiger partial charge in [0.25, 0.3) is 5.91 Å². The average Bonchev–Trinajstić information content (AvgIpc) is 2.96. The van der Waals surface area contributed by atoms with Gasteiger partial charge in [-0.25, -0.2) is 4.39 Å². The van der Waals surface area contributed by atoms with Gasteiger partial charge in [-0.05, 0) is 73.4 Å². The molecule has 4 rings (SSSR count). The first kappa shape index (κ1) is 28.9. The van der Waals surface area contributed by atoms with Gasteiger partial charge < -0.3 is 9.80 Å². The number of aromatic nitrogens is 1. The quantitative estimate of drug-likeness (QED) is 0.225. The van der Waals surface area contributed by atoms with Crippen LogP contribution in [0.4, 0.5) is 4.39 Å². The largest absolute Gasteiger partial charge is 0.330 e. The molecule has 0 aliphatic carbocycles. The number of carbonyl (C=O) groups is 1. The highest BCUT2D eigenvalue weighted by molar-refractivity contribution is 5.92. The number of halogens is 1. The molecule has 0 saturated carbocycles. The molecule has 1 aliphatic heterocycles. The molecule has 39 heavy (non-hydrogen) atoms. The fourth-order valence-electron chi connectivity index (χ4n) is 5.37. The van der Waals surface area contributed by atoms with Crippen molar-refractivity contribution in [3.8, 4) is 11.1 Å². The summed E-state index contributed by atoms with van der Waals surface area (Å²) in [4.78, 5) is 23.0. The molecule has 3 aromatic rings. The van der Waals surface area contributed by atoms with E-state index in [2.05, 4.69) is 36.7 Å². The van der Waals surface area contributed by atoms with Crippen LogP contribution in [-0.4, -0.2) is 46.4 Å². The molecule has 1 saturated heterocycles. The molecule has 1 amide bonds. The normalized spacial score (nSPS) is 14.6. The molecule has 1 aromatic heterocycles. The highest BCUT2D eigenvalue weighted by atomic mass is 19.1. The van der Waals surface area contributed by atoms with Crippen molar-refractivity contribution in [2.24, 2.45) is 5.92 Å². The zero-order valence-electron chi connectivity index (χ0n) is 23.9. The molecule has 0 atom stereocenters. The van der Waals surface area contributed by atoms with E-state index in [9.17, 15) is 9.18 Å². The SMILES string of the molecule is CCCCCc1ccc(C(=O)N(Cc2ccc(-c3ccccc3F)cc2)C2CCN(CCC(C)C)CC2)nc1. The van der Waals surface area contributed by atoms with Crippen LogP contribution in [0.3, 0.4) is 0 Å². The van der Waals surface area contributed by atoms with Crippen LogP contribution in [0.2, 0.25) is 0 Å². The van der Waals surface area contributed by atoms with Gasteiger partial charge in [-0.15, -0.1) is 0 Å². The third kappa shape index (κ3) is 8.22. The molecule has 0 unspecified atom stereocenters. The summed E-state index contributed by atoms with van der Waals surface area (Å²) in [7, 11) is 0. The third-order valence-electron chi connectivity index (χ3n) is 7.89. The summed E-state index contributed by atoms with van der Waals surface area (Å²) in [6, 6.07) is 18.9. The fourth-order valence-corrected chi connectivity index (χ4v) is 5.37. The van der Waals surface area contributed by atoms with Crippen LogP contribution in [0, 0.1) is 11.7 Å². The second-order valence-electron chi connectivity index (χ2n) is 11.4. The minimum Gasteiger partial charge on any atom is -0.330 e. The van der Waals surface area contributed by atoms with Crippen LogP contribution in [0.25, 0.3) is 11.1 Å². The molecule has 0 radical (unpaired) electrons. The number of hydrogen-bond donors (Lipinski definition) is 0. The Bertz CT molecular complexity index is 1170. The van der Waals surface area contributed by atoms with Crippen molar-refractivity contribution in [1.82, 2.24) is 14.8 Å². The molecule has 0 bridgehead atoms. The van der Waals surface area contributed by atoms with Crippen LogP contribution < -0.4 is 0 Å². The number of amides is 1. The number of nitrogens with zero attached hydrogens (tertiary/aromatic N) is 3. The lowest BCUT2D eigenvalue weighted by atomic mass is 9.99. The molecule has 4 nitrogen and oxygen atoms in total. The van der Waals surface area contributed by atoms with E-state index in [0.717, 1.165) is 56.4 Å². The first-order chi connectivity index (χ1) is 18.9. The van der Waals surface area contributed by atoms with Gasteiger partial charge in [0.15, 0.2) is 0 Å². The Kier molecular flexibility index (Phi) is 10.7. The van der Waals surface area contributed by atoms with Gasteiger partial charge in [-0.2, -0.15) is 0 Å². The fraction of sp³-hybridized carbons (Fsp3) is 0.471. The number of piperidine rings is 1. The van der Waals surface area contributed by atoms with E-state index in [0.29, 0.717) is 23.7 Å². The lowest BCUT2D eigenvalue weighted by Gasteiger charge is -2.38. The van der Waals surface area contributed by atoms with Crippen molar-refractivity contribution >= 4 is 5.91 Å². The predicted octanol–water partition coefficient (Wildman–Crippen LogP) is 7.77. The molecular weight excluding hydrogens is 485 g/mol. The Hall–Kier alpha value is -3.05. The highest BCUT2D eigenvalue weighted by Gasteiger charge is 2.29. The summed E-state index contributed by atoms with van der Waals surface area (Å²) in [5.74, 6) is 0.466. The number of carbonyl (C=O) groups excluding carboxylic acids is 1. The zero-order valence-corrected chi connectivity index (χ0v) is 23.9. The number of aryl methyl sites for hydroxylation is 1. The minimum atomic E-state index is -0.226. The van der Waals surface area contributed by atoms with Crippen molar-refractivity contribution in [1.29, 1.82) is 0 Å². The second-order valence-corrected chi connectivity index (χ2v) is 11.4. The van der Waals surface area contributed by atoms with Crippen molar-refractivity contribution in [3.63, 3.8) is 0 Å². The summed E-state index contributed by atoms with van der Waals surface area (Å²) in [5, 5.41) is 0. The monoisotopic (exact) mass is 529 g/mol. The summed E-state index contributed by atoms with van der Waals surface area (Å²) < 4.78 is 14.3. The number of benzene rings is 2. The van der Waals surface area contributed by atoms with Crippen molar-refractivity contribution in [3.05, 3.63) is 89.5 Å². The molecule has 0 spiro atoms. The van der Waals surface area contributed by atoms with Crippen LogP contribution in [0.1, 0.15) is 80.9 Å². The molecule has 208 valence electrons. The maximum Gasteiger partial charge on any atom is 0.272 e. The summed E-state index contributed by atoms with van der Waals surface area (Å²) in [6.45, 7) is 10.4. The maximum atomic E-state index is 14.3. The summed E-state index contributed by atoms with van der Waals surface area (Å²) in [6.07, 6.45) is 9.56. The standard InChI is InChI=1S/C34H44FN3O/c1-4-5-6-9-27-14-17-33(36-24-27)34(39)38(30-19-22-37(23-20-30)21-18-26(2)3)25-28-12-15-29(16-13-28)31-10-7-8-11-32(31)35/h7-8,10-17,24,26,30H,4-6,9,18-23,25H2,1-3H3. The minimum absolute atomic E-state index is 0.00563. The molecule has 1 fully saturated rings. The zero-order chi connectivity index (χ0) is 27.6. The second kappa shape index (κ2) is 14.4. The van der Waals surface area contributed by atoms with E-state index in [1.807, 2.05) is 47.5 Å². The van der Waals surface area contributed by atoms with Crippen LogP contribution in [0.15, 0.2) is 66.9 Å². The Balaban J connectivity index is 1.49. The van der Waals surface area contributed by atoms with Crippen LogP contribution in [-0.2, 0) is 13.0 Å². The van der Waals surface area contributed by atoms with Crippen molar-refractivity contribution in [2.75, 3.05) is 19.6 Å². The molecule has 0 N–H and O–H groups in total. The smallest absolute Gasteiger partial charge is 0.272 e. The van der Waals surface area contributed by atoms with E-state index in [1.54, 1.807) is 12.1 Å². The van der Waals surface area contributed by atoms with Gasteiger partial charge in [0, 0.05) is 37.4 Å². The van der Waals surface area contributed by atoms with E-state index in [1.165, 1.54) is 30.9 Å². The van der Waals surface area contributed by atoms with Crippen LogP contribution in [0.5, 0.6) is 0 Å². The summed E-state index contributed by atoms with van der Waals surface area (Å²) >= 11 is 0. The van der Waals surface area contributed by atoms with Crippen molar-refractivity contribution < 1.29 is 9.18 Å². The van der Waals surface area contributed by atoms with Gasteiger partial charge in [-0.3, -0.25) is 9.78 Å². The van der Waals surface area contributed by atoms with Gasteiger partial charge in [0.1, 0.15) is 11.5 Å². The van der Waals surface area contributed by atoms with Gasteiger partial charge in [0.05, 0.1) is 0 Å². The third-order valence-corrected chi connectivity index (χ3v) is 7.89. The highest BCUT2D eigenvalue weighted by Crippen LogP contribution is 2.26. The van der Waals surface area contributed by atoms with E-state index in [4.69, 9.17) is 0 Å². The molecule has 1 aliphatic rings. The van der Waals surface area contributed by atoms with E-state index >= 15 is 0 Å². The lowest BCUT2D eigenvalue weighted by molar-refractivity contribution is 0.0540. The lowest BCUT2D eigenvalue weighted by Crippen LogP contribution is -2.47. The Morgan fingerprint density at radius 1 is 1.00 bits per heavy atom. The average molecular weight is 530 g/mol. The molecule has 2 heterocycles. The first-order valence-corrected chi connectivity index (χ1v) is 14.8. The van der Waals surface area contributed by atoms with Gasteiger partial charge in [-0.1, -0.05) is 82.1 Å². The number of rotatable bonds is 12. The van der Waals surface area contributed by atoms with E-state index < -0.39 is 0 Å². The number of pyridine rings is 1. The Labute approximate surface area is 234 Å². The number of unbranched alkanes of at least 4 members (excludes halogenated alkanes) is 2. The summed E-state index contributed by atoms with van der Waals surface area (Å²) in [5.41, 5.74) is 4.18. The molecule has 5 heteroatoms. The van der Waals surface area contributed by atoms with Crippen molar-refractivity contribution in [2.45, 2.75) is 78.3 Å².